The summed E-state index contributed by atoms with van der Waals surface area (Å²) in [7, 11) is -3.75. The van der Waals surface area contributed by atoms with Crippen LogP contribution in [0.5, 0.6) is 11.5 Å². The van der Waals surface area contributed by atoms with E-state index in [4.69, 9.17) is 9.47 Å². The highest BCUT2D eigenvalue weighted by Crippen LogP contribution is 2.45. The third-order valence-corrected chi connectivity index (χ3v) is 5.72. The lowest BCUT2D eigenvalue weighted by molar-refractivity contribution is 0.0520. The van der Waals surface area contributed by atoms with Gasteiger partial charge >= 0.3 is 5.97 Å². The number of hydrogen-bond acceptors (Lipinski definition) is 5. The highest BCUT2D eigenvalue weighted by molar-refractivity contribution is 7.92. The Hall–Kier alpha value is -2.80. The Morgan fingerprint density at radius 2 is 1.96 bits per heavy atom. The molecular formula is C17H13NO5S. The zero-order valence-corrected chi connectivity index (χ0v) is 13.5. The van der Waals surface area contributed by atoms with E-state index in [1.807, 2.05) is 0 Å². The highest BCUT2D eigenvalue weighted by atomic mass is 32.2. The van der Waals surface area contributed by atoms with Gasteiger partial charge in [-0.3, -0.25) is 0 Å². The van der Waals surface area contributed by atoms with Crippen molar-refractivity contribution in [1.29, 1.82) is 0 Å². The van der Waals surface area contributed by atoms with E-state index in [1.54, 1.807) is 37.3 Å². The molecule has 4 rings (SSSR count). The molecule has 3 aromatic rings. The van der Waals surface area contributed by atoms with Gasteiger partial charge in [0.15, 0.2) is 0 Å². The van der Waals surface area contributed by atoms with E-state index in [0.717, 1.165) is 0 Å². The molecule has 0 radical (unpaired) electrons. The Bertz CT molecular complexity index is 1080. The van der Waals surface area contributed by atoms with Crippen molar-refractivity contribution in [1.82, 2.24) is 4.98 Å². The smallest absolute Gasteiger partial charge is 0.354 e. The molecule has 1 aromatic heterocycles. The summed E-state index contributed by atoms with van der Waals surface area (Å²) in [5.41, 5.74) is 0.734. The maximum absolute atomic E-state index is 13.0. The van der Waals surface area contributed by atoms with Gasteiger partial charge in [0.2, 0.25) is 9.84 Å². The number of fused-ring (bicyclic) bond motifs is 4. The van der Waals surface area contributed by atoms with Gasteiger partial charge in [-0.25, -0.2) is 13.2 Å². The summed E-state index contributed by atoms with van der Waals surface area (Å²) in [4.78, 5) is 15.0. The fraction of sp³-hybridized carbons (Fsp3) is 0.118. The van der Waals surface area contributed by atoms with Gasteiger partial charge in [0.05, 0.1) is 6.61 Å². The standard InChI is InChI=1S/C17H13NO5S/c1-2-22-17(19)12-9-10-11(18-12)7-8-14-16(10)24(20,21)15-6-4-3-5-13(15)23-14/h3-9,18H,2H2,1H3. The van der Waals surface area contributed by atoms with E-state index in [-0.39, 0.29) is 27.8 Å². The van der Waals surface area contributed by atoms with Crippen molar-refractivity contribution in [2.24, 2.45) is 0 Å². The van der Waals surface area contributed by atoms with Crippen molar-refractivity contribution in [2.75, 3.05) is 6.61 Å². The number of carbonyl (C=O) groups excluding carboxylic acids is 1. The number of sulfone groups is 1. The number of para-hydroxylation sites is 1. The Kier molecular flexibility index (Phi) is 3.14. The summed E-state index contributed by atoms with van der Waals surface area (Å²) < 4.78 is 36.7. The molecule has 2 heterocycles. The van der Waals surface area contributed by atoms with Crippen LogP contribution < -0.4 is 4.74 Å². The molecule has 122 valence electrons. The number of aromatic nitrogens is 1. The van der Waals surface area contributed by atoms with Crippen molar-refractivity contribution >= 4 is 26.7 Å². The van der Waals surface area contributed by atoms with E-state index >= 15 is 0 Å². The van der Waals surface area contributed by atoms with Gasteiger partial charge in [-0.15, -0.1) is 0 Å². The predicted molar refractivity (Wildman–Crippen MR) is 86.2 cm³/mol. The number of carbonyl (C=O) groups is 1. The molecule has 0 aliphatic carbocycles. The SMILES string of the molecule is CCOC(=O)c1cc2c3c(ccc2[nH]1)Oc1ccccc1S3(=O)=O. The van der Waals surface area contributed by atoms with Gasteiger partial charge in [0.1, 0.15) is 27.0 Å². The summed E-state index contributed by atoms with van der Waals surface area (Å²) >= 11 is 0. The lowest BCUT2D eigenvalue weighted by Gasteiger charge is -2.20. The van der Waals surface area contributed by atoms with Crippen LogP contribution in [0.15, 0.2) is 52.3 Å². The maximum atomic E-state index is 13.0. The molecule has 0 fully saturated rings. The Labute approximate surface area is 137 Å². The number of nitrogens with one attached hydrogen (secondary N) is 1. The molecule has 0 atom stereocenters. The normalized spacial score (nSPS) is 14.5. The van der Waals surface area contributed by atoms with E-state index in [2.05, 4.69) is 4.98 Å². The molecule has 1 aliphatic heterocycles. The van der Waals surface area contributed by atoms with Gasteiger partial charge in [0.25, 0.3) is 0 Å². The fourth-order valence-electron chi connectivity index (χ4n) is 2.82. The molecule has 2 aromatic carbocycles. The number of benzene rings is 2. The lowest BCUT2D eigenvalue weighted by atomic mass is 10.2. The first-order valence-electron chi connectivity index (χ1n) is 7.37. The van der Waals surface area contributed by atoms with Crippen LogP contribution in [-0.2, 0) is 14.6 Å². The Balaban J connectivity index is 1.98. The average molecular weight is 343 g/mol. The molecule has 0 saturated carbocycles. The summed E-state index contributed by atoms with van der Waals surface area (Å²) in [5, 5.41) is 0.407. The number of hydrogen-bond donors (Lipinski definition) is 1. The Morgan fingerprint density at radius 3 is 2.75 bits per heavy atom. The first-order valence-corrected chi connectivity index (χ1v) is 8.85. The quantitative estimate of drug-likeness (QED) is 0.565. The molecule has 0 spiro atoms. The van der Waals surface area contributed by atoms with Crippen LogP contribution in [0.1, 0.15) is 17.4 Å². The minimum atomic E-state index is -3.75. The highest BCUT2D eigenvalue weighted by Gasteiger charge is 2.33. The number of ether oxygens (including phenoxy) is 2. The van der Waals surface area contributed by atoms with Gasteiger partial charge in [0, 0.05) is 10.9 Å². The van der Waals surface area contributed by atoms with Crippen molar-refractivity contribution < 1.29 is 22.7 Å². The second kappa shape index (κ2) is 5.10. The van der Waals surface area contributed by atoms with Gasteiger partial charge in [-0.05, 0) is 37.3 Å². The number of aromatic amines is 1. The maximum Gasteiger partial charge on any atom is 0.354 e. The first kappa shape index (κ1) is 14.8. The summed E-state index contributed by atoms with van der Waals surface area (Å²) in [6, 6.07) is 11.2. The van der Waals surface area contributed by atoms with Gasteiger partial charge in [-0.1, -0.05) is 12.1 Å². The van der Waals surface area contributed by atoms with Gasteiger partial charge in [-0.2, -0.15) is 0 Å². The molecule has 0 saturated heterocycles. The molecule has 0 unspecified atom stereocenters. The van der Waals surface area contributed by atoms with E-state index in [0.29, 0.717) is 16.7 Å². The molecule has 0 bridgehead atoms. The van der Waals surface area contributed by atoms with E-state index in [9.17, 15) is 13.2 Å². The zero-order valence-electron chi connectivity index (χ0n) is 12.7. The van der Waals surface area contributed by atoms with Crippen LogP contribution in [0.25, 0.3) is 10.9 Å². The average Bonchev–Trinajstić information content (AvgIpc) is 2.99. The number of H-pyrrole nitrogens is 1. The monoisotopic (exact) mass is 343 g/mol. The van der Waals surface area contributed by atoms with Crippen LogP contribution in [0, 0.1) is 0 Å². The summed E-state index contributed by atoms with van der Waals surface area (Å²) in [6.07, 6.45) is 0. The Morgan fingerprint density at radius 1 is 1.17 bits per heavy atom. The molecule has 6 nitrogen and oxygen atoms in total. The minimum absolute atomic E-state index is 0.0606. The first-order chi connectivity index (χ1) is 11.5. The van der Waals surface area contributed by atoms with Crippen molar-refractivity contribution in [3.8, 4) is 11.5 Å². The number of rotatable bonds is 2. The van der Waals surface area contributed by atoms with Crippen LogP contribution in [0.2, 0.25) is 0 Å². The third-order valence-electron chi connectivity index (χ3n) is 3.84. The minimum Gasteiger partial charge on any atom is -0.461 e. The predicted octanol–water partition coefficient (Wildman–Crippen LogP) is 3.28. The van der Waals surface area contributed by atoms with E-state index < -0.39 is 15.8 Å². The van der Waals surface area contributed by atoms with Crippen molar-refractivity contribution in [3.63, 3.8) is 0 Å². The second-order valence-corrected chi connectivity index (χ2v) is 7.16. The molecule has 1 N–H and O–H groups in total. The van der Waals surface area contributed by atoms with Crippen LogP contribution in [0.3, 0.4) is 0 Å². The molecule has 0 amide bonds. The van der Waals surface area contributed by atoms with E-state index in [1.165, 1.54) is 12.1 Å². The van der Waals surface area contributed by atoms with Gasteiger partial charge < -0.3 is 14.5 Å². The second-order valence-electron chi connectivity index (χ2n) is 5.31. The molecule has 1 aliphatic rings. The van der Waals surface area contributed by atoms with Crippen LogP contribution in [-0.4, -0.2) is 26.0 Å². The number of esters is 1. The van der Waals surface area contributed by atoms with Crippen LogP contribution >= 0.6 is 0 Å². The van der Waals surface area contributed by atoms with Crippen molar-refractivity contribution in [3.05, 3.63) is 48.2 Å². The summed E-state index contributed by atoms with van der Waals surface area (Å²) in [5.74, 6) is 0.0121. The fourth-order valence-corrected chi connectivity index (χ4v) is 4.50. The molecular weight excluding hydrogens is 330 g/mol. The molecule has 24 heavy (non-hydrogen) atoms. The van der Waals surface area contributed by atoms with Crippen molar-refractivity contribution in [2.45, 2.75) is 16.7 Å². The summed E-state index contributed by atoms with van der Waals surface area (Å²) in [6.45, 7) is 1.94. The lowest BCUT2D eigenvalue weighted by Crippen LogP contribution is -2.11. The molecule has 7 heteroatoms. The largest absolute Gasteiger partial charge is 0.461 e. The van der Waals surface area contributed by atoms with Crippen LogP contribution in [0.4, 0.5) is 0 Å². The third kappa shape index (κ3) is 2.01. The topological polar surface area (TPSA) is 85.5 Å². The zero-order chi connectivity index (χ0) is 16.9.